The van der Waals surface area contributed by atoms with Gasteiger partial charge in [0.15, 0.2) is 9.84 Å². The normalized spacial score (nSPS) is 13.2. The van der Waals surface area contributed by atoms with Crippen LogP contribution in [-0.2, 0) is 21.0 Å². The summed E-state index contributed by atoms with van der Waals surface area (Å²) in [7, 11) is -3.47. The van der Waals surface area contributed by atoms with Crippen LogP contribution in [0.25, 0.3) is 0 Å². The van der Waals surface area contributed by atoms with E-state index in [2.05, 4.69) is 4.74 Å². The lowest BCUT2D eigenvalue weighted by Gasteiger charge is -2.21. The van der Waals surface area contributed by atoms with E-state index in [1.54, 1.807) is 6.07 Å². The van der Waals surface area contributed by atoms with Gasteiger partial charge in [-0.3, -0.25) is 0 Å². The maximum absolute atomic E-state index is 12.4. The zero-order valence-electron chi connectivity index (χ0n) is 12.7. The second-order valence-electron chi connectivity index (χ2n) is 6.04. The number of nitrogens with two attached hydrogens (primary N) is 1. The molecule has 8 heteroatoms. The summed E-state index contributed by atoms with van der Waals surface area (Å²) in [6, 6.07) is 3.95. The minimum atomic E-state index is -4.83. The second-order valence-corrected chi connectivity index (χ2v) is 8.23. The minimum absolute atomic E-state index is 0.0345. The summed E-state index contributed by atoms with van der Waals surface area (Å²) in [5.41, 5.74) is 5.59. The first-order valence-electron chi connectivity index (χ1n) is 6.63. The molecule has 22 heavy (non-hydrogen) atoms. The monoisotopic (exact) mass is 339 g/mol. The third kappa shape index (κ3) is 6.23. The lowest BCUT2D eigenvalue weighted by Crippen LogP contribution is -2.20. The number of halogens is 3. The molecular formula is C14H20F3NO3S. The van der Waals surface area contributed by atoms with E-state index in [9.17, 15) is 21.6 Å². The van der Waals surface area contributed by atoms with Gasteiger partial charge >= 0.3 is 6.36 Å². The average Bonchev–Trinajstić information content (AvgIpc) is 2.23. The molecule has 0 spiro atoms. The molecule has 0 amide bonds. The molecule has 0 bridgehead atoms. The van der Waals surface area contributed by atoms with Gasteiger partial charge in [0.25, 0.3) is 0 Å². The van der Waals surface area contributed by atoms with Crippen molar-refractivity contribution in [1.82, 2.24) is 0 Å². The fourth-order valence-electron chi connectivity index (χ4n) is 1.88. The number of sulfone groups is 1. The molecule has 1 rings (SSSR count). The number of benzene rings is 1. The molecule has 0 saturated carbocycles. The number of alkyl halides is 3. The Morgan fingerprint density at radius 3 is 2.18 bits per heavy atom. The highest BCUT2D eigenvalue weighted by Gasteiger charge is 2.32. The molecule has 0 heterocycles. The molecule has 0 fully saturated rings. The minimum Gasteiger partial charge on any atom is -0.406 e. The predicted molar refractivity (Wildman–Crippen MR) is 78.4 cm³/mol. The van der Waals surface area contributed by atoms with Crippen molar-refractivity contribution in [3.63, 3.8) is 0 Å². The van der Waals surface area contributed by atoms with Gasteiger partial charge in [0, 0.05) is 6.54 Å². The summed E-state index contributed by atoms with van der Waals surface area (Å²) >= 11 is 0. The molecule has 1 aromatic rings. The van der Waals surface area contributed by atoms with Gasteiger partial charge in [-0.25, -0.2) is 8.42 Å². The van der Waals surface area contributed by atoms with E-state index in [-0.39, 0.29) is 23.6 Å². The fraction of sp³-hybridized carbons (Fsp3) is 0.571. The smallest absolute Gasteiger partial charge is 0.406 e. The van der Waals surface area contributed by atoms with Gasteiger partial charge in [-0.2, -0.15) is 0 Å². The van der Waals surface area contributed by atoms with Gasteiger partial charge in [0.2, 0.25) is 0 Å². The molecule has 0 unspecified atom stereocenters. The third-order valence-corrected chi connectivity index (χ3v) is 4.51. The van der Waals surface area contributed by atoms with Gasteiger partial charge in [0.05, 0.1) is 11.5 Å². The molecule has 0 aliphatic heterocycles. The van der Waals surface area contributed by atoms with Gasteiger partial charge in [0.1, 0.15) is 5.75 Å². The Balaban J connectivity index is 3.24. The van der Waals surface area contributed by atoms with Crippen LogP contribution < -0.4 is 10.5 Å². The summed E-state index contributed by atoms with van der Waals surface area (Å²) in [4.78, 5) is 0. The lowest BCUT2D eigenvalue weighted by molar-refractivity contribution is -0.274. The zero-order valence-corrected chi connectivity index (χ0v) is 13.5. The van der Waals surface area contributed by atoms with Gasteiger partial charge in [-0.05, 0) is 28.7 Å². The van der Waals surface area contributed by atoms with Crippen LogP contribution in [0.4, 0.5) is 13.2 Å². The van der Waals surface area contributed by atoms with E-state index in [1.165, 1.54) is 6.07 Å². The largest absolute Gasteiger partial charge is 0.573 e. The van der Waals surface area contributed by atoms with Crippen molar-refractivity contribution in [3.8, 4) is 5.75 Å². The number of ether oxygens (including phenoxy) is 1. The van der Waals surface area contributed by atoms with Crippen molar-refractivity contribution >= 4 is 9.84 Å². The first kappa shape index (κ1) is 18.8. The van der Waals surface area contributed by atoms with Crippen LogP contribution in [-0.4, -0.2) is 27.1 Å². The van der Waals surface area contributed by atoms with Gasteiger partial charge in [-0.15, -0.1) is 13.2 Å². The highest BCUT2D eigenvalue weighted by molar-refractivity contribution is 7.90. The van der Waals surface area contributed by atoms with Crippen molar-refractivity contribution in [1.29, 1.82) is 0 Å². The summed E-state index contributed by atoms with van der Waals surface area (Å²) in [6.07, 6.45) is -4.83. The molecule has 2 N–H and O–H groups in total. The van der Waals surface area contributed by atoms with E-state index in [1.807, 2.05) is 20.8 Å². The van der Waals surface area contributed by atoms with Crippen molar-refractivity contribution in [2.75, 3.05) is 12.3 Å². The fourth-order valence-corrected chi connectivity index (χ4v) is 3.05. The Labute approximate surface area is 128 Å². The summed E-state index contributed by atoms with van der Waals surface area (Å²) in [5, 5.41) is 0. The summed E-state index contributed by atoms with van der Waals surface area (Å²) in [5.74, 6) is -1.01. The molecule has 0 radical (unpaired) electrons. The molecule has 0 atom stereocenters. The average molecular weight is 339 g/mol. The van der Waals surface area contributed by atoms with Crippen LogP contribution in [0.5, 0.6) is 5.75 Å². The number of hydrogen-bond acceptors (Lipinski definition) is 4. The van der Waals surface area contributed by atoms with Crippen molar-refractivity contribution in [2.24, 2.45) is 5.73 Å². The highest BCUT2D eigenvalue weighted by Crippen LogP contribution is 2.31. The van der Waals surface area contributed by atoms with E-state index in [0.717, 1.165) is 6.07 Å². The maximum Gasteiger partial charge on any atom is 0.573 e. The molecule has 0 aliphatic rings. The van der Waals surface area contributed by atoms with Crippen molar-refractivity contribution in [3.05, 3.63) is 29.3 Å². The highest BCUT2D eigenvalue weighted by atomic mass is 32.2. The van der Waals surface area contributed by atoms with Gasteiger partial charge < -0.3 is 10.5 Å². The number of hydrogen-bond donors (Lipinski definition) is 1. The zero-order chi connectivity index (χ0) is 17.2. The SMILES string of the molecule is CC(C)(C)c1cc(CS(=O)(=O)CCN)cc(OC(F)(F)F)c1. The Morgan fingerprint density at radius 2 is 1.73 bits per heavy atom. The van der Waals surface area contributed by atoms with Crippen LogP contribution in [0, 0.1) is 0 Å². The van der Waals surface area contributed by atoms with Crippen LogP contribution in [0.2, 0.25) is 0 Å². The molecule has 0 saturated heterocycles. The Morgan fingerprint density at radius 1 is 1.14 bits per heavy atom. The second kappa shape index (κ2) is 6.45. The summed E-state index contributed by atoms with van der Waals surface area (Å²) in [6.45, 7) is 5.42. The maximum atomic E-state index is 12.4. The molecular weight excluding hydrogens is 319 g/mol. The molecule has 4 nitrogen and oxygen atoms in total. The van der Waals surface area contributed by atoms with Crippen molar-refractivity contribution < 1.29 is 26.3 Å². The van der Waals surface area contributed by atoms with Crippen LogP contribution >= 0.6 is 0 Å². The van der Waals surface area contributed by atoms with E-state index >= 15 is 0 Å². The molecule has 1 aromatic carbocycles. The first-order chi connectivity index (χ1) is 9.82. The van der Waals surface area contributed by atoms with Crippen molar-refractivity contribution in [2.45, 2.75) is 38.3 Å². The molecule has 126 valence electrons. The Hall–Kier alpha value is -1.28. The standard InChI is InChI=1S/C14H20F3NO3S/c1-13(2,3)11-6-10(9-22(19,20)5-4-18)7-12(8-11)21-14(15,16)17/h6-8H,4-5,9,18H2,1-3H3. The quantitative estimate of drug-likeness (QED) is 0.895. The van der Waals surface area contributed by atoms with Crippen LogP contribution in [0.15, 0.2) is 18.2 Å². The predicted octanol–water partition coefficient (Wildman–Crippen LogP) is 2.76. The number of rotatable bonds is 5. The molecule has 0 aliphatic carbocycles. The Kier molecular flexibility index (Phi) is 5.51. The molecule has 0 aromatic heterocycles. The Bertz CT molecular complexity index is 619. The lowest BCUT2D eigenvalue weighted by atomic mass is 9.86. The van der Waals surface area contributed by atoms with E-state index in [0.29, 0.717) is 5.56 Å². The third-order valence-electron chi connectivity index (χ3n) is 2.88. The van der Waals surface area contributed by atoms with Gasteiger partial charge in [-0.1, -0.05) is 26.8 Å². The van der Waals surface area contributed by atoms with E-state index in [4.69, 9.17) is 5.73 Å². The van der Waals surface area contributed by atoms with Crippen LogP contribution in [0.1, 0.15) is 31.9 Å². The first-order valence-corrected chi connectivity index (χ1v) is 8.45. The topological polar surface area (TPSA) is 69.4 Å². The van der Waals surface area contributed by atoms with E-state index < -0.39 is 27.4 Å². The van der Waals surface area contributed by atoms with Crippen LogP contribution in [0.3, 0.4) is 0 Å². The summed E-state index contributed by atoms with van der Waals surface area (Å²) < 4.78 is 64.8.